The molecule has 0 amide bonds. The molecule has 0 unspecified atom stereocenters. The van der Waals surface area contributed by atoms with Gasteiger partial charge >= 0.3 is 12.4 Å². The molecule has 0 N–H and O–H groups in total. The minimum Gasteiger partial charge on any atom is -0.302 e. The maximum atomic E-state index is 13.5. The van der Waals surface area contributed by atoms with Crippen LogP contribution in [0.4, 0.5) is 26.3 Å². The van der Waals surface area contributed by atoms with Gasteiger partial charge in [-0.15, -0.1) is 0 Å². The minimum absolute atomic E-state index is 0.0124. The van der Waals surface area contributed by atoms with Gasteiger partial charge in [-0.2, -0.15) is 31.4 Å². The second-order valence-electron chi connectivity index (χ2n) is 7.83. The fourth-order valence-electron chi connectivity index (χ4n) is 3.80. The molecule has 0 saturated carbocycles. The van der Waals surface area contributed by atoms with Crippen LogP contribution in [0.1, 0.15) is 23.2 Å². The SMILES string of the molecule is CN1CC=C(c2cn(S(=O)(=O)c3cn(C)nc3C(F)(F)F)c3ccc(C(F)(F)F)cc23)CC1. The molecule has 3 aromatic rings. The summed E-state index contributed by atoms with van der Waals surface area (Å²) in [5.74, 6) is 0. The van der Waals surface area contributed by atoms with Crippen molar-refractivity contribution in [3.05, 3.63) is 53.5 Å². The van der Waals surface area contributed by atoms with Gasteiger partial charge in [-0.25, -0.2) is 12.4 Å². The third-order valence-corrected chi connectivity index (χ3v) is 7.13. The average Bonchev–Trinajstić information content (AvgIpc) is 3.29. The molecule has 4 rings (SSSR count). The lowest BCUT2D eigenvalue weighted by molar-refractivity contribution is -0.143. The first kappa shape index (κ1) is 23.4. The molecule has 6 nitrogen and oxygen atoms in total. The molecule has 1 aromatic carbocycles. The Labute approximate surface area is 184 Å². The molecule has 1 aliphatic rings. The van der Waals surface area contributed by atoms with Gasteiger partial charge in [0.25, 0.3) is 10.0 Å². The first-order valence-electron chi connectivity index (χ1n) is 9.66. The highest BCUT2D eigenvalue weighted by Gasteiger charge is 2.42. The second kappa shape index (κ2) is 7.62. The number of aromatic nitrogens is 3. The van der Waals surface area contributed by atoms with Gasteiger partial charge in [-0.05, 0) is 37.2 Å². The Morgan fingerprint density at radius 2 is 1.70 bits per heavy atom. The van der Waals surface area contributed by atoms with Crippen LogP contribution in [0.3, 0.4) is 0 Å². The van der Waals surface area contributed by atoms with E-state index in [2.05, 4.69) is 5.10 Å². The molecule has 3 heterocycles. The number of hydrogen-bond acceptors (Lipinski definition) is 4. The fourth-order valence-corrected chi connectivity index (χ4v) is 5.37. The van der Waals surface area contributed by atoms with E-state index in [1.165, 1.54) is 0 Å². The highest BCUT2D eigenvalue weighted by Crippen LogP contribution is 2.39. The van der Waals surface area contributed by atoms with E-state index >= 15 is 0 Å². The molecule has 0 aliphatic carbocycles. The van der Waals surface area contributed by atoms with Crippen molar-refractivity contribution in [2.45, 2.75) is 23.7 Å². The van der Waals surface area contributed by atoms with Crippen molar-refractivity contribution < 1.29 is 34.8 Å². The number of nitrogens with zero attached hydrogens (tertiary/aromatic N) is 4. The van der Waals surface area contributed by atoms with E-state index in [1.807, 2.05) is 11.9 Å². The number of halogens is 6. The smallest absolute Gasteiger partial charge is 0.302 e. The van der Waals surface area contributed by atoms with Crippen molar-refractivity contribution in [3.8, 4) is 0 Å². The topological polar surface area (TPSA) is 60.1 Å². The van der Waals surface area contributed by atoms with Crippen LogP contribution in [-0.4, -0.2) is 47.2 Å². The van der Waals surface area contributed by atoms with Crippen LogP contribution in [-0.2, 0) is 29.4 Å². The van der Waals surface area contributed by atoms with E-state index in [0.29, 0.717) is 35.1 Å². The summed E-state index contributed by atoms with van der Waals surface area (Å²) in [7, 11) is -1.84. The van der Waals surface area contributed by atoms with E-state index in [4.69, 9.17) is 0 Å². The molecule has 178 valence electrons. The van der Waals surface area contributed by atoms with Gasteiger partial charge in [0.15, 0.2) is 5.69 Å². The molecule has 0 fully saturated rings. The van der Waals surface area contributed by atoms with Crippen LogP contribution in [0, 0.1) is 0 Å². The van der Waals surface area contributed by atoms with Crippen molar-refractivity contribution in [2.75, 3.05) is 20.1 Å². The largest absolute Gasteiger partial charge is 0.436 e. The summed E-state index contributed by atoms with van der Waals surface area (Å²) in [6.45, 7) is 1.08. The monoisotopic (exact) mass is 492 g/mol. The van der Waals surface area contributed by atoms with Gasteiger partial charge in [-0.1, -0.05) is 6.08 Å². The Balaban J connectivity index is 1.99. The molecule has 2 aromatic heterocycles. The lowest BCUT2D eigenvalue weighted by atomic mass is 9.98. The second-order valence-corrected chi connectivity index (χ2v) is 9.61. The zero-order valence-corrected chi connectivity index (χ0v) is 18.2. The Kier molecular flexibility index (Phi) is 5.39. The molecule has 1 aliphatic heterocycles. The Morgan fingerprint density at radius 3 is 2.27 bits per heavy atom. The van der Waals surface area contributed by atoms with Crippen molar-refractivity contribution in [1.82, 2.24) is 18.7 Å². The van der Waals surface area contributed by atoms with Gasteiger partial charge in [0.1, 0.15) is 4.90 Å². The zero-order valence-electron chi connectivity index (χ0n) is 17.4. The zero-order chi connectivity index (χ0) is 24.3. The Morgan fingerprint density at radius 1 is 1.00 bits per heavy atom. The molecule has 13 heteroatoms. The quantitative estimate of drug-likeness (QED) is 0.510. The molecule has 33 heavy (non-hydrogen) atoms. The van der Waals surface area contributed by atoms with E-state index in [0.717, 1.165) is 36.3 Å². The van der Waals surface area contributed by atoms with Crippen LogP contribution in [0.2, 0.25) is 0 Å². The highest BCUT2D eigenvalue weighted by atomic mass is 32.2. The number of likely N-dealkylation sites (N-methyl/N-ethyl adjacent to an activating group) is 1. The maximum Gasteiger partial charge on any atom is 0.436 e. The standard InChI is InChI=1S/C20H18F6N4O2S/c1-28-7-5-12(6-8-28)15-10-30(16-4-3-13(9-14(15)16)19(21,22)23)33(31,32)17-11-29(2)27-18(17)20(24,25)26/h3-5,9-11H,6-8H2,1-2H3. The van der Waals surface area contributed by atoms with Gasteiger partial charge in [0.05, 0.1) is 11.1 Å². The Bertz CT molecular complexity index is 1370. The maximum absolute atomic E-state index is 13.5. The van der Waals surface area contributed by atoms with Crippen molar-refractivity contribution >= 4 is 26.5 Å². The molecule has 0 spiro atoms. The van der Waals surface area contributed by atoms with Crippen LogP contribution >= 0.6 is 0 Å². The lowest BCUT2D eigenvalue weighted by Gasteiger charge is -2.21. The Hall–Kier alpha value is -2.80. The number of fused-ring (bicyclic) bond motifs is 1. The predicted molar refractivity (Wildman–Crippen MR) is 108 cm³/mol. The van der Waals surface area contributed by atoms with Gasteiger partial charge < -0.3 is 4.90 Å². The predicted octanol–water partition coefficient (Wildman–Crippen LogP) is 4.37. The van der Waals surface area contributed by atoms with Gasteiger partial charge in [-0.3, -0.25) is 4.68 Å². The summed E-state index contributed by atoms with van der Waals surface area (Å²) in [6, 6.07) is 2.48. The number of benzene rings is 1. The summed E-state index contributed by atoms with van der Waals surface area (Å²) in [5.41, 5.74) is -1.90. The number of rotatable bonds is 3. The first-order chi connectivity index (χ1) is 15.2. The number of hydrogen-bond donors (Lipinski definition) is 0. The lowest BCUT2D eigenvalue weighted by Crippen LogP contribution is -2.23. The summed E-state index contributed by atoms with van der Waals surface area (Å²) in [4.78, 5) is 0.879. The fraction of sp³-hybridized carbons (Fsp3) is 0.350. The average molecular weight is 492 g/mol. The van der Waals surface area contributed by atoms with E-state index in [9.17, 15) is 34.8 Å². The summed E-state index contributed by atoms with van der Waals surface area (Å²) >= 11 is 0. The normalized spacial score (nSPS) is 16.4. The van der Waals surface area contributed by atoms with Crippen molar-refractivity contribution in [3.63, 3.8) is 0 Å². The first-order valence-corrected chi connectivity index (χ1v) is 11.1. The number of alkyl halides is 6. The van der Waals surface area contributed by atoms with Crippen molar-refractivity contribution in [2.24, 2.45) is 7.05 Å². The van der Waals surface area contributed by atoms with Crippen molar-refractivity contribution in [1.29, 1.82) is 0 Å². The minimum atomic E-state index is -5.05. The van der Waals surface area contributed by atoms with E-state index in [1.54, 1.807) is 6.08 Å². The third-order valence-electron chi connectivity index (χ3n) is 5.46. The highest BCUT2D eigenvalue weighted by molar-refractivity contribution is 7.90. The summed E-state index contributed by atoms with van der Waals surface area (Å²) in [5, 5.41) is 3.23. The number of aryl methyl sites for hydroxylation is 1. The third kappa shape index (κ3) is 4.14. The molecule has 0 radical (unpaired) electrons. The van der Waals surface area contributed by atoms with Crippen LogP contribution in [0.5, 0.6) is 0 Å². The van der Waals surface area contributed by atoms with Crippen LogP contribution < -0.4 is 0 Å². The van der Waals surface area contributed by atoms with Crippen LogP contribution in [0.15, 0.2) is 41.6 Å². The van der Waals surface area contributed by atoms with E-state index < -0.39 is 38.5 Å². The molecular formula is C20H18F6N4O2S. The van der Waals surface area contributed by atoms with Gasteiger partial charge in [0.2, 0.25) is 0 Å². The van der Waals surface area contributed by atoms with E-state index in [-0.39, 0.29) is 16.5 Å². The molecular weight excluding hydrogens is 474 g/mol. The molecule has 0 bridgehead atoms. The van der Waals surface area contributed by atoms with Crippen LogP contribution in [0.25, 0.3) is 16.5 Å². The molecule has 0 saturated heterocycles. The summed E-state index contributed by atoms with van der Waals surface area (Å²) in [6.07, 6.45) is -5.71. The molecule has 0 atom stereocenters. The summed E-state index contributed by atoms with van der Waals surface area (Å²) < 4.78 is 108. The van der Waals surface area contributed by atoms with Gasteiger partial charge in [0, 0.05) is 43.5 Å².